The van der Waals surface area contributed by atoms with E-state index in [1.54, 1.807) is 30.3 Å². The van der Waals surface area contributed by atoms with Crippen molar-refractivity contribution in [2.45, 2.75) is 0 Å². The molecule has 2 aromatic carbocycles. The van der Waals surface area contributed by atoms with Gasteiger partial charge in [0.25, 0.3) is 5.91 Å². The fourth-order valence-corrected chi connectivity index (χ4v) is 2.17. The van der Waals surface area contributed by atoms with E-state index >= 15 is 0 Å². The van der Waals surface area contributed by atoms with Crippen LogP contribution in [0.5, 0.6) is 0 Å². The topological polar surface area (TPSA) is 69.4 Å². The number of carbonyl (C=O) groups excluding carboxylic acids is 2. The van der Waals surface area contributed by atoms with Crippen molar-refractivity contribution in [2.75, 3.05) is 0 Å². The molecule has 1 amide bonds. The molecule has 0 aliphatic carbocycles. The molecule has 0 atom stereocenters. The molecule has 1 aliphatic heterocycles. The minimum Gasteiger partial charge on any atom is -0.422 e. The van der Waals surface area contributed by atoms with Crippen LogP contribution < -0.4 is 5.73 Å². The van der Waals surface area contributed by atoms with Crippen LogP contribution >= 0.6 is 0 Å². The molecule has 0 radical (unpaired) electrons. The summed E-state index contributed by atoms with van der Waals surface area (Å²) in [4.78, 5) is 22.8. The second kappa shape index (κ2) is 4.86. The number of hydrogen-bond acceptors (Lipinski definition) is 3. The molecule has 1 aliphatic rings. The van der Waals surface area contributed by atoms with Gasteiger partial charge in [0.05, 0.1) is 11.1 Å². The van der Waals surface area contributed by atoms with Crippen LogP contribution in [0, 0.1) is 5.82 Å². The van der Waals surface area contributed by atoms with Gasteiger partial charge in [0.2, 0.25) is 0 Å². The molecule has 0 saturated heterocycles. The minimum atomic E-state index is -0.850. The van der Waals surface area contributed by atoms with Crippen LogP contribution in [0.2, 0.25) is 0 Å². The van der Waals surface area contributed by atoms with E-state index in [9.17, 15) is 14.0 Å². The molecular formula is C16H10FNO3. The van der Waals surface area contributed by atoms with E-state index in [4.69, 9.17) is 10.5 Å². The first-order valence-electron chi connectivity index (χ1n) is 6.19. The second-order valence-electron chi connectivity index (χ2n) is 4.55. The van der Waals surface area contributed by atoms with Crippen molar-refractivity contribution in [2.24, 2.45) is 5.73 Å². The van der Waals surface area contributed by atoms with Crippen LogP contribution in [0.3, 0.4) is 0 Å². The number of fused-ring (bicyclic) bond motifs is 1. The number of cyclic esters (lactones) is 1. The first kappa shape index (κ1) is 13.1. The zero-order valence-electron chi connectivity index (χ0n) is 10.8. The van der Waals surface area contributed by atoms with Gasteiger partial charge in [-0.2, -0.15) is 0 Å². The summed E-state index contributed by atoms with van der Waals surface area (Å²) in [5.41, 5.74) is 6.55. The average Bonchev–Trinajstić information content (AvgIpc) is 2.78. The molecule has 5 heteroatoms. The Labute approximate surface area is 119 Å². The Balaban J connectivity index is 2.06. The molecule has 1 heterocycles. The third-order valence-electron chi connectivity index (χ3n) is 3.17. The SMILES string of the molecule is NC(=O)c1cc(/C=C2/OC(=O)c3ccccc32)ccc1F. The van der Waals surface area contributed by atoms with Gasteiger partial charge in [-0.05, 0) is 29.8 Å². The van der Waals surface area contributed by atoms with Crippen molar-refractivity contribution in [3.8, 4) is 0 Å². The van der Waals surface area contributed by atoms with E-state index in [1.165, 1.54) is 12.1 Å². The lowest BCUT2D eigenvalue weighted by Crippen LogP contribution is -2.13. The van der Waals surface area contributed by atoms with Crippen LogP contribution in [0.4, 0.5) is 4.39 Å². The summed E-state index contributed by atoms with van der Waals surface area (Å²) in [5.74, 6) is -1.61. The average molecular weight is 283 g/mol. The largest absolute Gasteiger partial charge is 0.422 e. The zero-order valence-corrected chi connectivity index (χ0v) is 10.8. The number of hydrogen-bond donors (Lipinski definition) is 1. The minimum absolute atomic E-state index is 0.207. The maximum atomic E-state index is 13.4. The molecule has 0 bridgehead atoms. The molecular weight excluding hydrogens is 273 g/mol. The standard InChI is InChI=1S/C16H10FNO3/c17-13-6-5-9(7-12(13)15(18)19)8-14-10-3-1-2-4-11(10)16(20)21-14/h1-8H,(H2,18,19)/b14-8+. The van der Waals surface area contributed by atoms with Crippen LogP contribution in [0.25, 0.3) is 11.8 Å². The van der Waals surface area contributed by atoms with Gasteiger partial charge in [-0.25, -0.2) is 9.18 Å². The lowest BCUT2D eigenvalue weighted by Gasteiger charge is -2.02. The van der Waals surface area contributed by atoms with Gasteiger partial charge in [-0.3, -0.25) is 4.79 Å². The number of esters is 1. The first-order valence-corrected chi connectivity index (χ1v) is 6.19. The fraction of sp³-hybridized carbons (Fsp3) is 0. The van der Waals surface area contributed by atoms with E-state index in [2.05, 4.69) is 0 Å². The van der Waals surface area contributed by atoms with Gasteiger partial charge in [0, 0.05) is 5.56 Å². The molecule has 0 saturated carbocycles. The summed E-state index contributed by atoms with van der Waals surface area (Å²) < 4.78 is 18.6. The van der Waals surface area contributed by atoms with Gasteiger partial charge < -0.3 is 10.5 Å². The van der Waals surface area contributed by atoms with E-state index in [-0.39, 0.29) is 5.56 Å². The predicted molar refractivity (Wildman–Crippen MR) is 74.6 cm³/mol. The number of carbonyl (C=O) groups is 2. The van der Waals surface area contributed by atoms with Crippen LogP contribution in [-0.4, -0.2) is 11.9 Å². The van der Waals surface area contributed by atoms with E-state index in [0.717, 1.165) is 6.07 Å². The molecule has 4 nitrogen and oxygen atoms in total. The Morgan fingerprint density at radius 3 is 2.57 bits per heavy atom. The Morgan fingerprint density at radius 2 is 1.86 bits per heavy atom. The van der Waals surface area contributed by atoms with E-state index in [1.807, 2.05) is 0 Å². The second-order valence-corrected chi connectivity index (χ2v) is 4.55. The number of primary amides is 1. The van der Waals surface area contributed by atoms with Crippen molar-refractivity contribution in [1.29, 1.82) is 0 Å². The Bertz CT molecular complexity index is 796. The Hall–Kier alpha value is -2.95. The van der Waals surface area contributed by atoms with Gasteiger partial charge in [0.1, 0.15) is 11.6 Å². The zero-order chi connectivity index (χ0) is 15.0. The highest BCUT2D eigenvalue weighted by Gasteiger charge is 2.25. The summed E-state index contributed by atoms with van der Waals surface area (Å²) >= 11 is 0. The lowest BCUT2D eigenvalue weighted by molar-refractivity contribution is 0.0717. The number of amides is 1. The fourth-order valence-electron chi connectivity index (χ4n) is 2.17. The number of benzene rings is 2. The monoisotopic (exact) mass is 283 g/mol. The number of halogens is 1. The molecule has 3 rings (SSSR count). The Morgan fingerprint density at radius 1 is 1.14 bits per heavy atom. The molecule has 0 fully saturated rings. The maximum absolute atomic E-state index is 13.4. The molecule has 104 valence electrons. The van der Waals surface area contributed by atoms with Crippen molar-refractivity contribution in [3.05, 3.63) is 70.5 Å². The number of ether oxygens (including phenoxy) is 1. The highest BCUT2D eigenvalue weighted by atomic mass is 19.1. The third kappa shape index (κ3) is 2.29. The lowest BCUT2D eigenvalue weighted by atomic mass is 10.0. The van der Waals surface area contributed by atoms with Gasteiger partial charge in [0.15, 0.2) is 0 Å². The maximum Gasteiger partial charge on any atom is 0.344 e. The van der Waals surface area contributed by atoms with Crippen molar-refractivity contribution in [1.82, 2.24) is 0 Å². The van der Waals surface area contributed by atoms with Crippen LogP contribution in [0.1, 0.15) is 31.8 Å². The summed E-state index contributed by atoms with van der Waals surface area (Å²) in [6, 6.07) is 10.9. The summed E-state index contributed by atoms with van der Waals surface area (Å²) in [6.07, 6.45) is 1.57. The molecule has 2 N–H and O–H groups in total. The predicted octanol–water partition coefficient (Wildman–Crippen LogP) is 2.59. The quantitative estimate of drug-likeness (QED) is 0.861. The molecule has 21 heavy (non-hydrogen) atoms. The van der Waals surface area contributed by atoms with Crippen molar-refractivity contribution in [3.63, 3.8) is 0 Å². The molecule has 0 unspecified atom stereocenters. The highest BCUT2D eigenvalue weighted by molar-refractivity contribution is 6.05. The highest BCUT2D eigenvalue weighted by Crippen LogP contribution is 2.31. The summed E-state index contributed by atoms with van der Waals surface area (Å²) in [5, 5.41) is 0. The van der Waals surface area contributed by atoms with E-state index in [0.29, 0.717) is 22.4 Å². The number of rotatable bonds is 2. The molecule has 0 aromatic heterocycles. The van der Waals surface area contributed by atoms with Gasteiger partial charge >= 0.3 is 5.97 Å². The number of nitrogens with two attached hydrogens (primary N) is 1. The molecule has 2 aromatic rings. The van der Waals surface area contributed by atoms with Crippen LogP contribution in [0.15, 0.2) is 42.5 Å². The summed E-state index contributed by atoms with van der Waals surface area (Å²) in [7, 11) is 0. The first-order chi connectivity index (χ1) is 10.1. The van der Waals surface area contributed by atoms with Gasteiger partial charge in [-0.1, -0.05) is 24.3 Å². The Kier molecular flexibility index (Phi) is 3.02. The van der Waals surface area contributed by atoms with Crippen LogP contribution in [-0.2, 0) is 4.74 Å². The normalized spacial score (nSPS) is 14.9. The molecule has 0 spiro atoms. The van der Waals surface area contributed by atoms with Crippen molar-refractivity contribution < 1.29 is 18.7 Å². The van der Waals surface area contributed by atoms with Crippen molar-refractivity contribution >= 4 is 23.7 Å². The summed E-state index contributed by atoms with van der Waals surface area (Å²) in [6.45, 7) is 0. The van der Waals surface area contributed by atoms with Gasteiger partial charge in [-0.15, -0.1) is 0 Å². The van der Waals surface area contributed by atoms with E-state index < -0.39 is 17.7 Å². The third-order valence-corrected chi connectivity index (χ3v) is 3.17. The smallest absolute Gasteiger partial charge is 0.344 e.